The molecule has 1 aliphatic carbocycles. The molecule has 2 aromatic carbocycles. The van der Waals surface area contributed by atoms with E-state index >= 15 is 0 Å². The number of nitro benzene ring substituents is 1. The number of non-ortho nitro benzene ring substituents is 1. The number of allylic oxidation sites excluding steroid dienone is 2. The number of carbonyl (C=O) groups is 1. The Bertz CT molecular complexity index is 1410. The minimum absolute atomic E-state index is 0.0489. The number of aromatic nitrogens is 3. The molecule has 0 fully saturated rings. The van der Waals surface area contributed by atoms with Crippen molar-refractivity contribution >= 4 is 29.2 Å². The summed E-state index contributed by atoms with van der Waals surface area (Å²) in [5.74, 6) is 2.42. The van der Waals surface area contributed by atoms with E-state index in [2.05, 4.69) is 19.2 Å². The number of thioether (sulfide) groups is 1. The molecule has 11 heteroatoms. The van der Waals surface area contributed by atoms with Crippen LogP contribution in [0.15, 0.2) is 58.9 Å². The second-order valence-electron chi connectivity index (χ2n) is 9.84. The molecule has 0 radical (unpaired) electrons. The molecule has 3 aromatic rings. The van der Waals surface area contributed by atoms with Gasteiger partial charge in [-0.05, 0) is 35.6 Å². The number of hydrogen-bond acceptors (Lipinski definition) is 9. The number of methoxy groups -OCH3 is 2. The maximum Gasteiger partial charge on any atom is 0.269 e. The van der Waals surface area contributed by atoms with Crippen LogP contribution in [0, 0.1) is 15.5 Å². The highest BCUT2D eigenvalue weighted by Gasteiger charge is 2.42. The van der Waals surface area contributed by atoms with Gasteiger partial charge >= 0.3 is 0 Å². The highest BCUT2D eigenvalue weighted by Crippen LogP contribution is 2.47. The van der Waals surface area contributed by atoms with Crippen molar-refractivity contribution in [3.8, 4) is 11.5 Å². The molecule has 1 aromatic heterocycles. The number of benzene rings is 2. The van der Waals surface area contributed by atoms with Crippen molar-refractivity contribution in [2.75, 3.05) is 19.5 Å². The van der Waals surface area contributed by atoms with E-state index in [1.807, 2.05) is 18.2 Å². The monoisotopic (exact) mass is 521 g/mol. The molecule has 0 bridgehead atoms. The highest BCUT2D eigenvalue weighted by molar-refractivity contribution is 7.98. The predicted molar refractivity (Wildman–Crippen MR) is 139 cm³/mol. The van der Waals surface area contributed by atoms with Crippen LogP contribution in [0.5, 0.6) is 11.5 Å². The molecule has 0 amide bonds. The SMILES string of the molecule is COc1ccc(OC)c(C2C3=C(CC(C)(C)CC3=O)Nc3nc(SCc4ccc([N+](=O)[O-])cc4)nn32)c1. The first kappa shape index (κ1) is 24.8. The van der Waals surface area contributed by atoms with Gasteiger partial charge in [-0.2, -0.15) is 4.98 Å². The first-order chi connectivity index (χ1) is 17.7. The van der Waals surface area contributed by atoms with Crippen molar-refractivity contribution in [3.05, 3.63) is 75.0 Å². The van der Waals surface area contributed by atoms with Crippen LogP contribution in [-0.4, -0.2) is 39.7 Å². The molecule has 1 unspecified atom stereocenters. The van der Waals surface area contributed by atoms with Gasteiger partial charge in [0.1, 0.15) is 17.5 Å². The number of ketones is 1. The molecule has 0 spiro atoms. The summed E-state index contributed by atoms with van der Waals surface area (Å²) in [6, 6.07) is 11.4. The number of Topliss-reactive ketones (excluding diaryl/α,β-unsaturated/α-hetero) is 1. The highest BCUT2D eigenvalue weighted by atomic mass is 32.2. The van der Waals surface area contributed by atoms with Crippen molar-refractivity contribution in [1.29, 1.82) is 0 Å². The van der Waals surface area contributed by atoms with Gasteiger partial charge < -0.3 is 14.8 Å². The van der Waals surface area contributed by atoms with Gasteiger partial charge in [-0.15, -0.1) is 5.10 Å². The van der Waals surface area contributed by atoms with Crippen molar-refractivity contribution in [2.24, 2.45) is 5.41 Å². The van der Waals surface area contributed by atoms with Gasteiger partial charge in [-0.3, -0.25) is 14.9 Å². The summed E-state index contributed by atoms with van der Waals surface area (Å²) in [5.41, 5.74) is 3.06. The molecule has 5 rings (SSSR count). The molecule has 1 atom stereocenters. The molecule has 0 saturated carbocycles. The lowest BCUT2D eigenvalue weighted by atomic mass is 9.73. The van der Waals surface area contributed by atoms with E-state index < -0.39 is 11.0 Å². The fraction of sp³-hybridized carbons (Fsp3) is 0.346. The normalized spacial score (nSPS) is 18.1. The Morgan fingerprint density at radius 3 is 2.59 bits per heavy atom. The Labute approximate surface area is 218 Å². The van der Waals surface area contributed by atoms with E-state index in [1.54, 1.807) is 31.0 Å². The maximum absolute atomic E-state index is 13.5. The van der Waals surface area contributed by atoms with Crippen LogP contribution in [-0.2, 0) is 10.5 Å². The van der Waals surface area contributed by atoms with E-state index in [9.17, 15) is 14.9 Å². The van der Waals surface area contributed by atoms with Gasteiger partial charge in [0, 0.05) is 41.1 Å². The third-order valence-corrected chi connectivity index (χ3v) is 7.47. The summed E-state index contributed by atoms with van der Waals surface area (Å²) in [6.45, 7) is 4.17. The van der Waals surface area contributed by atoms with E-state index in [0.717, 1.165) is 16.8 Å². The Balaban J connectivity index is 1.54. The van der Waals surface area contributed by atoms with E-state index in [1.165, 1.54) is 23.9 Å². The first-order valence-corrected chi connectivity index (χ1v) is 12.8. The summed E-state index contributed by atoms with van der Waals surface area (Å²) in [7, 11) is 3.20. The summed E-state index contributed by atoms with van der Waals surface area (Å²) in [4.78, 5) is 28.7. The third kappa shape index (κ3) is 4.78. The van der Waals surface area contributed by atoms with Crippen molar-refractivity contribution in [1.82, 2.24) is 14.8 Å². The van der Waals surface area contributed by atoms with E-state index in [4.69, 9.17) is 19.6 Å². The van der Waals surface area contributed by atoms with Gasteiger partial charge in [0.2, 0.25) is 11.1 Å². The molecule has 1 N–H and O–H groups in total. The lowest BCUT2D eigenvalue weighted by Crippen LogP contribution is -2.36. The van der Waals surface area contributed by atoms with Crippen LogP contribution in [0.2, 0.25) is 0 Å². The topological polar surface area (TPSA) is 121 Å². The Hall–Kier alpha value is -3.86. The zero-order chi connectivity index (χ0) is 26.3. The van der Waals surface area contributed by atoms with Gasteiger partial charge in [-0.25, -0.2) is 4.68 Å². The Morgan fingerprint density at radius 2 is 1.92 bits per heavy atom. The minimum Gasteiger partial charge on any atom is -0.497 e. The molecular weight excluding hydrogens is 494 g/mol. The first-order valence-electron chi connectivity index (χ1n) is 11.8. The van der Waals surface area contributed by atoms with Crippen LogP contribution < -0.4 is 14.8 Å². The number of nitro groups is 1. The van der Waals surface area contributed by atoms with Gasteiger partial charge in [0.05, 0.1) is 19.1 Å². The fourth-order valence-corrected chi connectivity index (χ4v) is 5.64. The molecule has 1 aliphatic heterocycles. The second-order valence-corrected chi connectivity index (χ2v) is 10.8. The van der Waals surface area contributed by atoms with Crippen molar-refractivity contribution in [2.45, 2.75) is 43.6 Å². The lowest BCUT2D eigenvalue weighted by Gasteiger charge is -2.38. The zero-order valence-corrected chi connectivity index (χ0v) is 21.8. The number of rotatable bonds is 7. The standard InChI is InChI=1S/C26H27N5O5S/c1-26(2)12-19-22(20(32)13-26)23(18-11-17(35-3)9-10-21(18)36-4)30-24(27-19)28-25(29-30)37-14-15-5-7-16(8-6-15)31(33)34/h5-11,23H,12-14H2,1-4H3,(H,27,28,29). The number of carbonyl (C=O) groups excluding carboxylic acids is 1. The number of fused-ring (bicyclic) bond motifs is 1. The van der Waals surface area contributed by atoms with Gasteiger partial charge in [0.15, 0.2) is 5.78 Å². The molecule has 10 nitrogen and oxygen atoms in total. The van der Waals surface area contributed by atoms with Crippen LogP contribution in [0.1, 0.15) is 43.9 Å². The average Bonchev–Trinajstić information content (AvgIpc) is 3.27. The van der Waals surface area contributed by atoms with E-state index in [-0.39, 0.29) is 16.9 Å². The van der Waals surface area contributed by atoms with Crippen molar-refractivity contribution < 1.29 is 19.2 Å². The minimum atomic E-state index is -0.527. The van der Waals surface area contributed by atoms with Crippen LogP contribution >= 0.6 is 11.8 Å². The maximum atomic E-state index is 13.5. The number of ether oxygens (including phenoxy) is 2. The summed E-state index contributed by atoms with van der Waals surface area (Å²) < 4.78 is 12.9. The van der Waals surface area contributed by atoms with Crippen LogP contribution in [0.4, 0.5) is 11.6 Å². The lowest BCUT2D eigenvalue weighted by molar-refractivity contribution is -0.384. The largest absolute Gasteiger partial charge is 0.497 e. The number of nitrogens with zero attached hydrogens (tertiary/aromatic N) is 4. The number of hydrogen-bond donors (Lipinski definition) is 1. The fourth-order valence-electron chi connectivity index (χ4n) is 4.85. The van der Waals surface area contributed by atoms with Crippen LogP contribution in [0.25, 0.3) is 0 Å². The molecule has 0 saturated heterocycles. The molecule has 37 heavy (non-hydrogen) atoms. The predicted octanol–water partition coefficient (Wildman–Crippen LogP) is 5.15. The average molecular weight is 522 g/mol. The third-order valence-electron chi connectivity index (χ3n) is 6.56. The smallest absolute Gasteiger partial charge is 0.269 e. The van der Waals surface area contributed by atoms with Gasteiger partial charge in [0.25, 0.3) is 5.69 Å². The summed E-state index contributed by atoms with van der Waals surface area (Å²) in [5, 5.41) is 19.6. The second kappa shape index (κ2) is 9.55. The molecule has 2 heterocycles. The quantitative estimate of drug-likeness (QED) is 0.255. The molecule has 192 valence electrons. The molecular formula is C26H27N5O5S. The summed E-state index contributed by atoms with van der Waals surface area (Å²) >= 11 is 1.42. The molecule has 2 aliphatic rings. The number of nitrogens with one attached hydrogen (secondary N) is 1. The number of anilines is 1. The van der Waals surface area contributed by atoms with Gasteiger partial charge in [-0.1, -0.05) is 37.7 Å². The zero-order valence-electron chi connectivity index (χ0n) is 21.0. The van der Waals surface area contributed by atoms with Crippen molar-refractivity contribution in [3.63, 3.8) is 0 Å². The van der Waals surface area contributed by atoms with Crippen LogP contribution in [0.3, 0.4) is 0 Å². The van der Waals surface area contributed by atoms with E-state index in [0.29, 0.717) is 46.8 Å². The Morgan fingerprint density at radius 1 is 1.16 bits per heavy atom. The Kier molecular flexibility index (Phi) is 6.40. The summed E-state index contributed by atoms with van der Waals surface area (Å²) in [6.07, 6.45) is 1.14.